The summed E-state index contributed by atoms with van der Waals surface area (Å²) in [6.07, 6.45) is 0. The van der Waals surface area contributed by atoms with Gasteiger partial charge in [-0.3, -0.25) is 0 Å². The average molecular weight is 250 g/mol. The average Bonchev–Trinajstić information content (AvgIpc) is 2.08. The molecule has 0 atom stereocenters. The Kier molecular flexibility index (Phi) is 12.8. The monoisotopic (exact) mass is 250 g/mol. The number of hydrogen-bond donors (Lipinski definition) is 1. The van der Waals surface area contributed by atoms with Crippen LogP contribution in [0.1, 0.15) is 0 Å². The topological polar surface area (TPSA) is 129 Å². The van der Waals surface area contributed by atoms with Gasteiger partial charge in [-0.2, -0.15) is 7.82 Å². The molecule has 1 rings (SSSR count). The van der Waals surface area contributed by atoms with Gasteiger partial charge >= 0.3 is 21.0 Å². The van der Waals surface area contributed by atoms with Crippen molar-refractivity contribution in [2.24, 2.45) is 0 Å². The molecule has 0 saturated carbocycles. The molecular formula is C4H10NO6PV. The predicted octanol–water partition coefficient (Wildman–Crippen LogP) is -4.37. The second-order valence-corrected chi connectivity index (χ2v) is 2.82. The van der Waals surface area contributed by atoms with E-state index in [-0.39, 0.29) is 0 Å². The van der Waals surface area contributed by atoms with Crippen molar-refractivity contribution in [1.29, 1.82) is 0 Å². The molecule has 2 N–H and O–H groups in total. The second kappa shape index (κ2) is 10.5. The van der Waals surface area contributed by atoms with E-state index in [0.29, 0.717) is 0 Å². The summed E-state index contributed by atoms with van der Waals surface area (Å²) in [5, 5.41) is 2.27. The molecule has 0 aliphatic carbocycles. The molecule has 0 aromatic carbocycles. The van der Waals surface area contributed by atoms with Gasteiger partial charge in [-0.1, -0.05) is 0 Å². The molecule has 1 heterocycles. The van der Waals surface area contributed by atoms with Gasteiger partial charge in [0.05, 0.1) is 26.3 Å². The fourth-order valence-electron chi connectivity index (χ4n) is 0.580. The number of nitrogens with two attached hydrogens (primary N) is 1. The second-order valence-electron chi connectivity index (χ2n) is 1.93. The van der Waals surface area contributed by atoms with Gasteiger partial charge in [0, 0.05) is 0 Å². The molecule has 0 bridgehead atoms. The van der Waals surface area contributed by atoms with Crippen molar-refractivity contribution in [2.75, 3.05) is 26.3 Å². The molecular weight excluding hydrogens is 240 g/mol. The summed E-state index contributed by atoms with van der Waals surface area (Å²) < 4.78 is 21.8. The van der Waals surface area contributed by atoms with E-state index in [9.17, 15) is 0 Å². The molecule has 1 aliphatic rings. The summed E-state index contributed by atoms with van der Waals surface area (Å²) in [7, 11) is -5.39. The van der Waals surface area contributed by atoms with E-state index in [1.165, 1.54) is 0 Å². The van der Waals surface area contributed by atoms with E-state index in [4.69, 9.17) is 27.7 Å². The molecule has 1 fully saturated rings. The number of phosphoric acid groups is 1. The summed E-state index contributed by atoms with van der Waals surface area (Å²) in [6, 6.07) is 0. The summed E-state index contributed by atoms with van der Waals surface area (Å²) in [5.41, 5.74) is 0. The van der Waals surface area contributed by atoms with E-state index in [1.54, 1.807) is 0 Å². The standard InChI is InChI=1S/C4H9NO.H3O4P.O.V/c1-3-6-4-2-5-1;1-5(2,3)4;;/h5H,1-4H2;(H3,1,2,3,4);;/q;;;+2/p-2. The number of hydrogen-bond acceptors (Lipinski definition) is 6. The van der Waals surface area contributed by atoms with Crippen LogP contribution in [0.3, 0.4) is 0 Å². The van der Waals surface area contributed by atoms with E-state index in [0.717, 1.165) is 43.7 Å². The first kappa shape index (κ1) is 15.9. The molecule has 0 unspecified atom stereocenters. The molecule has 1 aliphatic heterocycles. The van der Waals surface area contributed by atoms with Crippen LogP contribution in [0.2, 0.25) is 0 Å². The zero-order chi connectivity index (χ0) is 10.7. The zero-order valence-electron chi connectivity index (χ0n) is 6.75. The van der Waals surface area contributed by atoms with Crippen molar-refractivity contribution >= 4 is 7.82 Å². The Bertz CT molecular complexity index is 128. The van der Waals surface area contributed by atoms with Crippen LogP contribution >= 0.6 is 7.82 Å². The maximum atomic E-state index is 8.55. The van der Waals surface area contributed by atoms with Gasteiger partial charge in [-0.05, 0) is 0 Å². The number of rotatable bonds is 0. The zero-order valence-corrected chi connectivity index (χ0v) is 9.04. The van der Waals surface area contributed by atoms with Gasteiger partial charge in [0.1, 0.15) is 0 Å². The molecule has 0 amide bonds. The predicted molar refractivity (Wildman–Crippen MR) is 30.8 cm³/mol. The van der Waals surface area contributed by atoms with Crippen molar-refractivity contribution in [3.8, 4) is 0 Å². The Morgan fingerprint density at radius 3 is 1.54 bits per heavy atom. The van der Waals surface area contributed by atoms with Crippen LogP contribution in [-0.4, -0.2) is 26.3 Å². The van der Waals surface area contributed by atoms with Gasteiger partial charge < -0.3 is 29.3 Å². The Morgan fingerprint density at radius 1 is 1.15 bits per heavy atom. The number of ether oxygens (including phenoxy) is 1. The third-order valence-electron chi connectivity index (χ3n) is 0.933. The fraction of sp³-hybridized carbons (Fsp3) is 1.00. The van der Waals surface area contributed by atoms with Crippen molar-refractivity contribution in [2.45, 2.75) is 0 Å². The molecule has 9 heteroatoms. The van der Waals surface area contributed by atoms with Gasteiger partial charge in [-0.25, -0.2) is 0 Å². The Hall–Kier alpha value is 0.414. The fourth-order valence-corrected chi connectivity index (χ4v) is 0.580. The summed E-state index contributed by atoms with van der Waals surface area (Å²) in [5.74, 6) is 0. The first-order chi connectivity index (χ1) is 6.00. The first-order valence-corrected chi connectivity index (χ1v) is 5.34. The van der Waals surface area contributed by atoms with Crippen LogP contribution in [0, 0.1) is 0 Å². The van der Waals surface area contributed by atoms with E-state index >= 15 is 0 Å². The Balaban J connectivity index is 0. The quantitative estimate of drug-likeness (QED) is 0.432. The summed E-state index contributed by atoms with van der Waals surface area (Å²) >= 11 is 1.06. The summed E-state index contributed by atoms with van der Waals surface area (Å²) in [4.78, 5) is 25.6. The number of morpholine rings is 1. The summed E-state index contributed by atoms with van der Waals surface area (Å²) in [6.45, 7) is 4.19. The van der Waals surface area contributed by atoms with Crippen molar-refractivity contribution < 1.29 is 50.3 Å². The van der Waals surface area contributed by atoms with Crippen LogP contribution in [0.5, 0.6) is 0 Å². The molecule has 1 saturated heterocycles. The Morgan fingerprint density at radius 2 is 1.46 bits per heavy atom. The molecule has 7 nitrogen and oxygen atoms in total. The molecule has 0 radical (unpaired) electrons. The van der Waals surface area contributed by atoms with E-state index in [1.807, 2.05) is 0 Å². The van der Waals surface area contributed by atoms with Gasteiger partial charge in [0.15, 0.2) is 0 Å². The van der Waals surface area contributed by atoms with Crippen LogP contribution in [0.15, 0.2) is 0 Å². The molecule has 0 aromatic heterocycles. The van der Waals surface area contributed by atoms with Crippen LogP contribution in [0.25, 0.3) is 0 Å². The molecule has 13 heavy (non-hydrogen) atoms. The minimum atomic E-state index is -5.39. The molecule has 0 spiro atoms. The third-order valence-corrected chi connectivity index (χ3v) is 0.933. The van der Waals surface area contributed by atoms with E-state index < -0.39 is 7.82 Å². The first-order valence-electron chi connectivity index (χ1n) is 3.31. The van der Waals surface area contributed by atoms with Gasteiger partial charge in [-0.15, -0.1) is 0 Å². The normalized spacial score (nSPS) is 16.1. The molecule has 0 aromatic rings. The van der Waals surface area contributed by atoms with Crippen molar-refractivity contribution in [3.63, 3.8) is 0 Å². The number of quaternary nitrogens is 1. The SMILES string of the molecule is C1COCC[NH2+]1.O=P([O-])([O-])[O-].[O]=[V+2]. The van der Waals surface area contributed by atoms with Crippen LogP contribution < -0.4 is 20.0 Å². The van der Waals surface area contributed by atoms with Gasteiger partial charge in [0.25, 0.3) is 0 Å². The van der Waals surface area contributed by atoms with Gasteiger partial charge in [0.2, 0.25) is 0 Å². The van der Waals surface area contributed by atoms with Crippen LogP contribution in [0.4, 0.5) is 0 Å². The third kappa shape index (κ3) is 32.7. The maximum absolute atomic E-state index is 8.55. The molecule has 77 valence electrons. The van der Waals surface area contributed by atoms with Crippen LogP contribution in [-0.2, 0) is 30.3 Å². The van der Waals surface area contributed by atoms with E-state index in [2.05, 4.69) is 5.32 Å². The van der Waals surface area contributed by atoms with Crippen molar-refractivity contribution in [3.05, 3.63) is 0 Å². The Labute approximate surface area is 84.9 Å². The van der Waals surface area contributed by atoms with Crippen molar-refractivity contribution in [1.82, 2.24) is 0 Å². The minimum absolute atomic E-state index is 0.944.